The molecule has 7 heteroatoms. The zero-order valence-electron chi connectivity index (χ0n) is 15.2. The van der Waals surface area contributed by atoms with Crippen LogP contribution < -0.4 is 14.8 Å². The van der Waals surface area contributed by atoms with Gasteiger partial charge in [0.2, 0.25) is 0 Å². The van der Waals surface area contributed by atoms with Crippen LogP contribution in [0.25, 0.3) is 0 Å². The van der Waals surface area contributed by atoms with Crippen LogP contribution in [0.1, 0.15) is 30.9 Å². The highest BCUT2D eigenvalue weighted by Crippen LogP contribution is 2.35. The van der Waals surface area contributed by atoms with E-state index >= 15 is 0 Å². The normalized spacial score (nSPS) is 10.9. The van der Waals surface area contributed by atoms with Gasteiger partial charge in [0.15, 0.2) is 11.5 Å². The molecule has 0 amide bonds. The zero-order valence-corrected chi connectivity index (χ0v) is 17.6. The van der Waals surface area contributed by atoms with Crippen molar-refractivity contribution in [2.24, 2.45) is 0 Å². The van der Waals surface area contributed by atoms with Crippen molar-refractivity contribution in [3.63, 3.8) is 0 Å². The lowest BCUT2D eigenvalue weighted by Crippen LogP contribution is -2.15. The van der Waals surface area contributed by atoms with Crippen LogP contribution in [-0.2, 0) is 13.2 Å². The molecule has 0 bridgehead atoms. The Balaban J connectivity index is 2.10. The van der Waals surface area contributed by atoms with Crippen LogP contribution in [0, 0.1) is 5.82 Å². The van der Waals surface area contributed by atoms with Gasteiger partial charge >= 0.3 is 0 Å². The SMILES string of the molecule is CCOc1cc(CNCCCCO)c(Br)cc1OCc1c(F)cccc1Cl. The summed E-state index contributed by atoms with van der Waals surface area (Å²) in [6.07, 6.45) is 1.70. The van der Waals surface area contributed by atoms with Gasteiger partial charge in [0, 0.05) is 23.2 Å². The van der Waals surface area contributed by atoms with Crippen LogP contribution in [0.2, 0.25) is 5.02 Å². The number of hydrogen-bond acceptors (Lipinski definition) is 4. The van der Waals surface area contributed by atoms with Crippen molar-refractivity contribution in [2.45, 2.75) is 32.9 Å². The van der Waals surface area contributed by atoms with Crippen molar-refractivity contribution in [1.82, 2.24) is 5.32 Å². The Morgan fingerprint density at radius 1 is 1.19 bits per heavy atom. The molecule has 0 aliphatic rings. The molecule has 0 aromatic heterocycles. The summed E-state index contributed by atoms with van der Waals surface area (Å²) in [6, 6.07) is 8.28. The molecule has 0 saturated carbocycles. The Kier molecular flexibility index (Phi) is 9.34. The number of halogens is 3. The van der Waals surface area contributed by atoms with Crippen molar-refractivity contribution in [2.75, 3.05) is 19.8 Å². The summed E-state index contributed by atoms with van der Waals surface area (Å²) in [5.41, 5.74) is 1.34. The third kappa shape index (κ3) is 6.64. The predicted molar refractivity (Wildman–Crippen MR) is 109 cm³/mol. The molecule has 2 rings (SSSR count). The van der Waals surface area contributed by atoms with E-state index in [-0.39, 0.29) is 13.2 Å². The van der Waals surface area contributed by atoms with Crippen LogP contribution in [-0.4, -0.2) is 24.9 Å². The number of aliphatic hydroxyl groups is 1. The highest BCUT2D eigenvalue weighted by atomic mass is 79.9. The molecule has 2 N–H and O–H groups in total. The fraction of sp³-hybridized carbons (Fsp3) is 0.400. The fourth-order valence-corrected chi connectivity index (χ4v) is 3.18. The summed E-state index contributed by atoms with van der Waals surface area (Å²) in [5, 5.41) is 12.5. The monoisotopic (exact) mass is 459 g/mol. The van der Waals surface area contributed by atoms with Gasteiger partial charge in [-0.15, -0.1) is 0 Å². The molecule has 0 heterocycles. The summed E-state index contributed by atoms with van der Waals surface area (Å²) in [4.78, 5) is 0. The molecule has 2 aromatic carbocycles. The third-order valence-corrected chi connectivity index (χ3v) is 5.02. The minimum absolute atomic E-state index is 0.0107. The first-order chi connectivity index (χ1) is 13.1. The quantitative estimate of drug-likeness (QED) is 0.459. The number of rotatable bonds is 11. The van der Waals surface area contributed by atoms with Gasteiger partial charge in [-0.05, 0) is 56.1 Å². The Morgan fingerprint density at radius 2 is 1.96 bits per heavy atom. The number of unbranched alkanes of at least 4 members (excludes halogenated alkanes) is 1. The van der Waals surface area contributed by atoms with Gasteiger partial charge in [-0.1, -0.05) is 33.6 Å². The van der Waals surface area contributed by atoms with E-state index in [0.29, 0.717) is 35.2 Å². The first kappa shape index (κ1) is 22.0. The Labute approximate surface area is 172 Å². The van der Waals surface area contributed by atoms with Gasteiger partial charge in [-0.3, -0.25) is 0 Å². The molecule has 2 aromatic rings. The van der Waals surface area contributed by atoms with E-state index < -0.39 is 5.82 Å². The van der Waals surface area contributed by atoms with Crippen molar-refractivity contribution < 1.29 is 19.0 Å². The van der Waals surface area contributed by atoms with Gasteiger partial charge in [-0.2, -0.15) is 0 Å². The highest BCUT2D eigenvalue weighted by molar-refractivity contribution is 9.10. The van der Waals surface area contributed by atoms with E-state index in [9.17, 15) is 4.39 Å². The molecule has 0 saturated heterocycles. The number of hydrogen-bond donors (Lipinski definition) is 2. The van der Waals surface area contributed by atoms with Gasteiger partial charge in [0.25, 0.3) is 0 Å². The Hall–Kier alpha value is -1.34. The second-order valence-corrected chi connectivity index (χ2v) is 7.18. The summed E-state index contributed by atoms with van der Waals surface area (Å²) in [5.74, 6) is 0.718. The topological polar surface area (TPSA) is 50.7 Å². The van der Waals surface area contributed by atoms with Gasteiger partial charge in [0.1, 0.15) is 12.4 Å². The maximum Gasteiger partial charge on any atom is 0.162 e. The summed E-state index contributed by atoms with van der Waals surface area (Å²) < 4.78 is 26.3. The van der Waals surface area contributed by atoms with Crippen molar-refractivity contribution >= 4 is 27.5 Å². The Morgan fingerprint density at radius 3 is 2.67 bits per heavy atom. The molecule has 0 radical (unpaired) electrons. The maximum absolute atomic E-state index is 13.9. The average molecular weight is 461 g/mol. The minimum Gasteiger partial charge on any atom is -0.490 e. The van der Waals surface area contributed by atoms with Gasteiger partial charge in [0.05, 0.1) is 11.6 Å². The molecule has 0 aliphatic carbocycles. The molecule has 0 fully saturated rings. The van der Waals surface area contributed by atoms with E-state index in [1.165, 1.54) is 6.07 Å². The molecule has 0 aliphatic heterocycles. The van der Waals surface area contributed by atoms with Crippen molar-refractivity contribution in [3.8, 4) is 11.5 Å². The second kappa shape index (κ2) is 11.5. The van der Waals surface area contributed by atoms with Crippen molar-refractivity contribution in [1.29, 1.82) is 0 Å². The zero-order chi connectivity index (χ0) is 19.6. The lowest BCUT2D eigenvalue weighted by molar-refractivity contribution is 0.265. The standard InChI is InChI=1S/C20H24BrClFNO3/c1-2-26-19-10-14(12-24-8-3-4-9-25)16(21)11-20(19)27-13-15-17(22)6-5-7-18(15)23/h5-7,10-11,24-25H,2-4,8-9,12-13H2,1H3. The molecular weight excluding hydrogens is 437 g/mol. The maximum atomic E-state index is 13.9. The van der Waals surface area contributed by atoms with Crippen LogP contribution in [0.15, 0.2) is 34.8 Å². The van der Waals surface area contributed by atoms with Crippen LogP contribution in [0.4, 0.5) is 4.39 Å². The largest absolute Gasteiger partial charge is 0.490 e. The Bertz CT molecular complexity index is 725. The number of ether oxygens (including phenoxy) is 2. The molecule has 0 spiro atoms. The van der Waals surface area contributed by atoms with Gasteiger partial charge in [-0.25, -0.2) is 4.39 Å². The van der Waals surface area contributed by atoms with E-state index in [1.807, 2.05) is 19.1 Å². The average Bonchev–Trinajstić information content (AvgIpc) is 2.64. The number of benzene rings is 2. The first-order valence-corrected chi connectivity index (χ1v) is 10.1. The molecule has 27 heavy (non-hydrogen) atoms. The summed E-state index contributed by atoms with van der Waals surface area (Å²) in [6.45, 7) is 4.08. The molecule has 4 nitrogen and oxygen atoms in total. The lowest BCUT2D eigenvalue weighted by atomic mass is 10.2. The molecule has 0 atom stereocenters. The molecular formula is C20H24BrClFNO3. The lowest BCUT2D eigenvalue weighted by Gasteiger charge is -2.16. The number of nitrogens with one attached hydrogen (secondary N) is 1. The van der Waals surface area contributed by atoms with E-state index in [0.717, 1.165) is 29.4 Å². The minimum atomic E-state index is -0.400. The fourth-order valence-electron chi connectivity index (χ4n) is 2.50. The third-order valence-electron chi connectivity index (χ3n) is 3.92. The second-order valence-electron chi connectivity index (χ2n) is 5.92. The van der Waals surface area contributed by atoms with E-state index in [4.69, 9.17) is 26.2 Å². The predicted octanol–water partition coefficient (Wildman–Crippen LogP) is 5.08. The van der Waals surface area contributed by atoms with Crippen LogP contribution in [0.3, 0.4) is 0 Å². The number of aliphatic hydroxyl groups excluding tert-OH is 1. The van der Waals surface area contributed by atoms with E-state index in [2.05, 4.69) is 21.2 Å². The highest BCUT2D eigenvalue weighted by Gasteiger charge is 2.13. The van der Waals surface area contributed by atoms with E-state index in [1.54, 1.807) is 12.1 Å². The molecule has 148 valence electrons. The summed E-state index contributed by atoms with van der Waals surface area (Å²) in [7, 11) is 0. The smallest absolute Gasteiger partial charge is 0.162 e. The van der Waals surface area contributed by atoms with Crippen LogP contribution in [0.5, 0.6) is 11.5 Å². The summed E-state index contributed by atoms with van der Waals surface area (Å²) >= 11 is 9.62. The van der Waals surface area contributed by atoms with Crippen molar-refractivity contribution in [3.05, 3.63) is 56.8 Å². The van der Waals surface area contributed by atoms with Gasteiger partial charge < -0.3 is 19.9 Å². The molecule has 0 unspecified atom stereocenters. The first-order valence-electron chi connectivity index (χ1n) is 8.89. The van der Waals surface area contributed by atoms with Crippen LogP contribution >= 0.6 is 27.5 Å².